The molecule has 3 nitrogen and oxygen atoms in total. The van der Waals surface area contributed by atoms with Gasteiger partial charge >= 0.3 is 5.97 Å². The van der Waals surface area contributed by atoms with Crippen LogP contribution < -0.4 is 0 Å². The van der Waals surface area contributed by atoms with Crippen LogP contribution in [0, 0.1) is 0 Å². The van der Waals surface area contributed by atoms with Crippen molar-refractivity contribution in [3.05, 3.63) is 70.8 Å². The van der Waals surface area contributed by atoms with Gasteiger partial charge in [-0.15, -0.1) is 0 Å². The second-order valence-corrected chi connectivity index (χ2v) is 6.02. The zero-order valence-corrected chi connectivity index (χ0v) is 13.6. The monoisotopic (exact) mass is 357 g/mol. The Morgan fingerprint density at radius 2 is 1.82 bits per heavy atom. The molecule has 2 aromatic carbocycles. The van der Waals surface area contributed by atoms with Gasteiger partial charge in [-0.2, -0.15) is 0 Å². The Bertz CT molecular complexity index is 777. The molecular formula is C18H16BrNO2. The second kappa shape index (κ2) is 6.79. The Balaban J connectivity index is 1.53. The summed E-state index contributed by atoms with van der Waals surface area (Å²) in [4.78, 5) is 11.9. The summed E-state index contributed by atoms with van der Waals surface area (Å²) in [6, 6.07) is 18.0. The van der Waals surface area contributed by atoms with Crippen LogP contribution in [0.1, 0.15) is 12.0 Å². The molecule has 1 heterocycles. The molecule has 0 aliphatic rings. The largest absolute Gasteiger partial charge is 0.461 e. The molecule has 0 atom stereocenters. The number of carbonyl (C=O) groups is 1. The Hall–Kier alpha value is -2.07. The molecule has 1 aromatic heterocycles. The number of nitrogens with zero attached hydrogens (tertiary/aromatic N) is 1. The highest BCUT2D eigenvalue weighted by atomic mass is 79.9. The van der Waals surface area contributed by atoms with Crippen LogP contribution in [-0.4, -0.2) is 10.5 Å². The SMILES string of the molecule is O=C(CCn1ccc2ccccc21)OCc1ccc(Br)cc1. The maximum absolute atomic E-state index is 11.9. The molecule has 22 heavy (non-hydrogen) atoms. The van der Waals surface area contributed by atoms with Crippen LogP contribution in [0.2, 0.25) is 0 Å². The molecule has 0 N–H and O–H groups in total. The van der Waals surface area contributed by atoms with E-state index in [2.05, 4.69) is 38.7 Å². The van der Waals surface area contributed by atoms with Gasteiger partial charge in [0, 0.05) is 22.7 Å². The molecule has 0 radical (unpaired) electrons. The van der Waals surface area contributed by atoms with Gasteiger partial charge in [0.1, 0.15) is 6.61 Å². The lowest BCUT2D eigenvalue weighted by Gasteiger charge is -2.07. The summed E-state index contributed by atoms with van der Waals surface area (Å²) in [5.41, 5.74) is 2.13. The number of rotatable bonds is 5. The lowest BCUT2D eigenvalue weighted by molar-refractivity contribution is -0.145. The Labute approximate surface area is 137 Å². The van der Waals surface area contributed by atoms with Crippen molar-refractivity contribution in [3.63, 3.8) is 0 Å². The third-order valence-corrected chi connectivity index (χ3v) is 4.08. The van der Waals surface area contributed by atoms with Gasteiger partial charge in [0.05, 0.1) is 6.42 Å². The molecule has 0 fully saturated rings. The normalized spacial score (nSPS) is 10.8. The molecule has 0 spiro atoms. The van der Waals surface area contributed by atoms with E-state index in [1.807, 2.05) is 42.6 Å². The molecule has 0 saturated carbocycles. The maximum Gasteiger partial charge on any atom is 0.307 e. The number of hydrogen-bond acceptors (Lipinski definition) is 2. The molecule has 0 unspecified atom stereocenters. The lowest BCUT2D eigenvalue weighted by Crippen LogP contribution is -2.08. The van der Waals surface area contributed by atoms with Crippen molar-refractivity contribution in [2.75, 3.05) is 0 Å². The van der Waals surface area contributed by atoms with Crippen molar-refractivity contribution in [2.24, 2.45) is 0 Å². The summed E-state index contributed by atoms with van der Waals surface area (Å²) in [6.45, 7) is 0.950. The summed E-state index contributed by atoms with van der Waals surface area (Å²) in [6.07, 6.45) is 2.38. The predicted octanol–water partition coefficient (Wildman–Crippen LogP) is 4.54. The number of benzene rings is 2. The third-order valence-electron chi connectivity index (χ3n) is 3.55. The van der Waals surface area contributed by atoms with Gasteiger partial charge in [-0.3, -0.25) is 4.79 Å². The van der Waals surface area contributed by atoms with E-state index in [9.17, 15) is 4.79 Å². The minimum Gasteiger partial charge on any atom is -0.461 e. The zero-order valence-electron chi connectivity index (χ0n) is 12.0. The highest BCUT2D eigenvalue weighted by Gasteiger charge is 2.06. The maximum atomic E-state index is 11.9. The average molecular weight is 358 g/mol. The van der Waals surface area contributed by atoms with Gasteiger partial charge < -0.3 is 9.30 Å². The van der Waals surface area contributed by atoms with E-state index in [1.54, 1.807) is 0 Å². The van der Waals surface area contributed by atoms with Crippen molar-refractivity contribution in [3.8, 4) is 0 Å². The van der Waals surface area contributed by atoms with Crippen molar-refractivity contribution in [1.82, 2.24) is 4.57 Å². The van der Waals surface area contributed by atoms with E-state index >= 15 is 0 Å². The van der Waals surface area contributed by atoms with E-state index in [-0.39, 0.29) is 5.97 Å². The third kappa shape index (κ3) is 3.57. The van der Waals surface area contributed by atoms with Crippen LogP contribution in [0.4, 0.5) is 0 Å². The van der Waals surface area contributed by atoms with Crippen LogP contribution in [0.5, 0.6) is 0 Å². The first-order chi connectivity index (χ1) is 10.7. The fourth-order valence-electron chi connectivity index (χ4n) is 2.36. The molecule has 0 aliphatic heterocycles. The summed E-state index contributed by atoms with van der Waals surface area (Å²) < 4.78 is 8.41. The van der Waals surface area contributed by atoms with E-state index < -0.39 is 0 Å². The van der Waals surface area contributed by atoms with E-state index in [1.165, 1.54) is 5.39 Å². The number of fused-ring (bicyclic) bond motifs is 1. The Kier molecular flexibility index (Phi) is 4.59. The summed E-state index contributed by atoms with van der Waals surface area (Å²) >= 11 is 3.38. The van der Waals surface area contributed by atoms with Crippen LogP contribution in [0.3, 0.4) is 0 Å². The van der Waals surface area contributed by atoms with E-state index in [0.29, 0.717) is 19.6 Å². The highest BCUT2D eigenvalue weighted by molar-refractivity contribution is 9.10. The van der Waals surface area contributed by atoms with Crippen molar-refractivity contribution >= 4 is 32.8 Å². The van der Waals surface area contributed by atoms with Crippen molar-refractivity contribution < 1.29 is 9.53 Å². The number of ether oxygens (including phenoxy) is 1. The molecule has 112 valence electrons. The fraction of sp³-hybridized carbons (Fsp3) is 0.167. The van der Waals surface area contributed by atoms with E-state index in [4.69, 9.17) is 4.74 Å². The van der Waals surface area contributed by atoms with Gasteiger partial charge in [0.2, 0.25) is 0 Å². The Morgan fingerprint density at radius 3 is 2.64 bits per heavy atom. The number of hydrogen-bond donors (Lipinski definition) is 0. The fourth-order valence-corrected chi connectivity index (χ4v) is 2.63. The second-order valence-electron chi connectivity index (χ2n) is 5.11. The lowest BCUT2D eigenvalue weighted by atomic mass is 10.2. The van der Waals surface area contributed by atoms with Crippen LogP contribution in [0.15, 0.2) is 65.3 Å². The number of para-hydroxylation sites is 1. The minimum absolute atomic E-state index is 0.180. The quantitative estimate of drug-likeness (QED) is 0.627. The van der Waals surface area contributed by atoms with Crippen LogP contribution in [-0.2, 0) is 22.7 Å². The van der Waals surface area contributed by atoms with Gasteiger partial charge in [-0.25, -0.2) is 0 Å². The highest BCUT2D eigenvalue weighted by Crippen LogP contribution is 2.16. The predicted molar refractivity (Wildman–Crippen MR) is 90.5 cm³/mol. The van der Waals surface area contributed by atoms with Gasteiger partial charge in [-0.1, -0.05) is 46.3 Å². The number of esters is 1. The topological polar surface area (TPSA) is 31.2 Å². The van der Waals surface area contributed by atoms with Crippen LogP contribution in [0.25, 0.3) is 10.9 Å². The zero-order chi connectivity index (χ0) is 15.4. The molecule has 3 rings (SSSR count). The summed E-state index contributed by atoms with van der Waals surface area (Å²) in [5.74, 6) is -0.180. The molecular weight excluding hydrogens is 342 g/mol. The Morgan fingerprint density at radius 1 is 1.05 bits per heavy atom. The van der Waals surface area contributed by atoms with Crippen molar-refractivity contribution in [1.29, 1.82) is 0 Å². The number of aryl methyl sites for hydroxylation is 1. The minimum atomic E-state index is -0.180. The van der Waals surface area contributed by atoms with E-state index in [0.717, 1.165) is 15.6 Å². The molecule has 0 aliphatic carbocycles. The standard InChI is InChI=1S/C18H16BrNO2/c19-16-7-5-14(6-8-16)13-22-18(21)10-12-20-11-9-15-3-1-2-4-17(15)20/h1-9,11H,10,12-13H2. The summed E-state index contributed by atoms with van der Waals surface area (Å²) in [7, 11) is 0. The average Bonchev–Trinajstić information content (AvgIpc) is 2.96. The first-order valence-electron chi connectivity index (χ1n) is 7.16. The molecule has 0 bridgehead atoms. The molecule has 0 amide bonds. The number of aromatic nitrogens is 1. The van der Waals surface area contributed by atoms with Crippen molar-refractivity contribution in [2.45, 2.75) is 19.6 Å². The number of halogens is 1. The first-order valence-corrected chi connectivity index (χ1v) is 7.95. The van der Waals surface area contributed by atoms with Crippen LogP contribution >= 0.6 is 15.9 Å². The van der Waals surface area contributed by atoms with Gasteiger partial charge in [0.15, 0.2) is 0 Å². The molecule has 3 aromatic rings. The first kappa shape index (κ1) is 14.9. The summed E-state index contributed by atoms with van der Waals surface area (Å²) in [5, 5.41) is 1.19. The van der Waals surface area contributed by atoms with Gasteiger partial charge in [-0.05, 0) is 35.2 Å². The molecule has 4 heteroatoms. The number of carbonyl (C=O) groups excluding carboxylic acids is 1. The van der Waals surface area contributed by atoms with Gasteiger partial charge in [0.25, 0.3) is 0 Å². The molecule has 0 saturated heterocycles. The smallest absolute Gasteiger partial charge is 0.307 e.